The van der Waals surface area contributed by atoms with Crippen molar-refractivity contribution in [2.45, 2.75) is 64.6 Å². The maximum atomic E-state index is 11.5. The van der Waals surface area contributed by atoms with Gasteiger partial charge in [-0.15, -0.1) is 5.10 Å². The lowest BCUT2D eigenvalue weighted by atomic mass is 9.93. The molecule has 0 aliphatic heterocycles. The molecular weight excluding hydrogens is 330 g/mol. The molecule has 0 radical (unpaired) electrons. The third-order valence-electron chi connectivity index (χ3n) is 5.17. The highest BCUT2D eigenvalue weighted by atomic mass is 16.4. The Morgan fingerprint density at radius 3 is 2.77 bits per heavy atom. The summed E-state index contributed by atoms with van der Waals surface area (Å²) in [6.07, 6.45) is 4.88. The second-order valence-electron chi connectivity index (χ2n) is 8.14. The van der Waals surface area contributed by atoms with Crippen LogP contribution in [0.3, 0.4) is 0 Å². The number of aryl methyl sites for hydroxylation is 1. The number of hydrogen-bond acceptors (Lipinski definition) is 5. The number of carboxylic acids is 1. The average molecular weight is 357 g/mol. The van der Waals surface area contributed by atoms with Gasteiger partial charge in [-0.1, -0.05) is 32.1 Å². The van der Waals surface area contributed by atoms with Crippen LogP contribution in [0.5, 0.6) is 0 Å². The van der Waals surface area contributed by atoms with E-state index in [1.807, 2.05) is 29.9 Å². The predicted molar refractivity (Wildman–Crippen MR) is 97.7 cm³/mol. The molecule has 7 heteroatoms. The van der Waals surface area contributed by atoms with Crippen LogP contribution >= 0.6 is 0 Å². The molecule has 2 aromatic heterocycles. The van der Waals surface area contributed by atoms with Crippen LogP contribution in [-0.2, 0) is 16.8 Å². The number of carboxylic acid groups (broad SMARTS) is 1. The first-order valence-electron chi connectivity index (χ1n) is 9.04. The van der Waals surface area contributed by atoms with Gasteiger partial charge in [0.2, 0.25) is 0 Å². The highest BCUT2D eigenvalue weighted by Crippen LogP contribution is 2.35. The van der Waals surface area contributed by atoms with Crippen molar-refractivity contribution in [2.75, 3.05) is 0 Å². The number of aromatic nitrogens is 4. The summed E-state index contributed by atoms with van der Waals surface area (Å²) in [5.41, 5.74) is 2.94. The molecule has 3 atom stereocenters. The molecule has 0 saturated heterocycles. The molecule has 0 bridgehead atoms. The molecule has 2 aromatic rings. The molecule has 0 spiro atoms. The standard InChI is InChI=1S/C19H27N5O2/c1-12-13(6-5-7-20-12)10-21-15-8-14(18(25)26)9-16(15)24-11-17(22-23-24)19(2,3)4/h5-7,11,14-16,21H,8-10H2,1-4H3,(H,25,26)/t14?,15-,16+/m1/s1. The van der Waals surface area contributed by atoms with Crippen molar-refractivity contribution in [2.24, 2.45) is 5.92 Å². The quantitative estimate of drug-likeness (QED) is 0.854. The molecule has 2 heterocycles. The summed E-state index contributed by atoms with van der Waals surface area (Å²) in [5, 5.41) is 21.6. The van der Waals surface area contributed by atoms with Gasteiger partial charge in [-0.05, 0) is 31.4 Å². The van der Waals surface area contributed by atoms with Gasteiger partial charge >= 0.3 is 5.97 Å². The number of aliphatic carboxylic acids is 1. The fraction of sp³-hybridized carbons (Fsp3) is 0.579. The smallest absolute Gasteiger partial charge is 0.306 e. The van der Waals surface area contributed by atoms with E-state index < -0.39 is 5.97 Å². The summed E-state index contributed by atoms with van der Waals surface area (Å²) in [6.45, 7) is 8.93. The molecule has 140 valence electrons. The molecule has 26 heavy (non-hydrogen) atoms. The molecule has 2 N–H and O–H groups in total. The fourth-order valence-electron chi connectivity index (χ4n) is 3.46. The van der Waals surface area contributed by atoms with Gasteiger partial charge in [-0.25, -0.2) is 4.68 Å². The Morgan fingerprint density at radius 2 is 2.15 bits per heavy atom. The highest BCUT2D eigenvalue weighted by molar-refractivity contribution is 5.70. The summed E-state index contributed by atoms with van der Waals surface area (Å²) in [7, 11) is 0. The molecule has 1 fully saturated rings. The van der Waals surface area contributed by atoms with Crippen molar-refractivity contribution >= 4 is 5.97 Å². The Morgan fingerprint density at radius 1 is 1.38 bits per heavy atom. The zero-order chi connectivity index (χ0) is 18.9. The first-order valence-corrected chi connectivity index (χ1v) is 9.04. The van der Waals surface area contributed by atoms with Crippen molar-refractivity contribution in [3.63, 3.8) is 0 Å². The molecule has 1 unspecified atom stereocenters. The topological polar surface area (TPSA) is 92.9 Å². The number of carbonyl (C=O) groups is 1. The van der Waals surface area contributed by atoms with Gasteiger partial charge in [0.25, 0.3) is 0 Å². The monoisotopic (exact) mass is 357 g/mol. The van der Waals surface area contributed by atoms with Crippen LogP contribution in [0.4, 0.5) is 0 Å². The van der Waals surface area contributed by atoms with E-state index in [1.165, 1.54) is 0 Å². The van der Waals surface area contributed by atoms with E-state index in [9.17, 15) is 9.90 Å². The van der Waals surface area contributed by atoms with E-state index in [4.69, 9.17) is 0 Å². The Balaban J connectivity index is 1.78. The lowest BCUT2D eigenvalue weighted by Gasteiger charge is -2.21. The summed E-state index contributed by atoms with van der Waals surface area (Å²) < 4.78 is 1.84. The van der Waals surface area contributed by atoms with Crippen molar-refractivity contribution in [3.8, 4) is 0 Å². The molecular formula is C19H27N5O2. The summed E-state index contributed by atoms with van der Waals surface area (Å²) >= 11 is 0. The molecule has 1 aliphatic carbocycles. The van der Waals surface area contributed by atoms with Crippen molar-refractivity contribution in [1.82, 2.24) is 25.3 Å². The minimum atomic E-state index is -0.743. The van der Waals surface area contributed by atoms with Crippen LogP contribution in [-0.4, -0.2) is 37.1 Å². The van der Waals surface area contributed by atoms with E-state index in [2.05, 4.69) is 41.4 Å². The van der Waals surface area contributed by atoms with E-state index >= 15 is 0 Å². The minimum Gasteiger partial charge on any atom is -0.481 e. The Hall–Kier alpha value is -2.28. The Kier molecular flexibility index (Phi) is 5.09. The zero-order valence-electron chi connectivity index (χ0n) is 15.8. The zero-order valence-corrected chi connectivity index (χ0v) is 15.8. The van der Waals surface area contributed by atoms with Gasteiger partial charge in [-0.3, -0.25) is 9.78 Å². The second kappa shape index (κ2) is 7.15. The van der Waals surface area contributed by atoms with Crippen LogP contribution in [0.25, 0.3) is 0 Å². The second-order valence-corrected chi connectivity index (χ2v) is 8.14. The van der Waals surface area contributed by atoms with E-state index in [0.29, 0.717) is 19.4 Å². The third kappa shape index (κ3) is 3.93. The number of hydrogen-bond donors (Lipinski definition) is 2. The summed E-state index contributed by atoms with van der Waals surface area (Å²) in [6, 6.07) is 3.98. The first-order chi connectivity index (χ1) is 12.3. The van der Waals surface area contributed by atoms with Gasteiger partial charge < -0.3 is 10.4 Å². The third-order valence-corrected chi connectivity index (χ3v) is 5.17. The fourth-order valence-corrected chi connectivity index (χ4v) is 3.46. The number of rotatable bonds is 5. The molecule has 1 aliphatic rings. The van der Waals surface area contributed by atoms with E-state index in [0.717, 1.165) is 17.0 Å². The van der Waals surface area contributed by atoms with E-state index in [-0.39, 0.29) is 23.4 Å². The lowest BCUT2D eigenvalue weighted by Crippen LogP contribution is -2.34. The van der Waals surface area contributed by atoms with Crippen molar-refractivity contribution in [1.29, 1.82) is 0 Å². The molecule has 3 rings (SSSR count). The summed E-state index contributed by atoms with van der Waals surface area (Å²) in [5.74, 6) is -1.11. The molecule has 0 aromatic carbocycles. The van der Waals surface area contributed by atoms with Crippen LogP contribution < -0.4 is 5.32 Å². The molecule has 1 saturated carbocycles. The van der Waals surface area contributed by atoms with Crippen LogP contribution in [0.15, 0.2) is 24.5 Å². The largest absolute Gasteiger partial charge is 0.481 e. The molecule has 7 nitrogen and oxygen atoms in total. The van der Waals surface area contributed by atoms with Crippen molar-refractivity contribution in [3.05, 3.63) is 41.5 Å². The predicted octanol–water partition coefficient (Wildman–Crippen LogP) is 2.47. The lowest BCUT2D eigenvalue weighted by molar-refractivity contribution is -0.141. The van der Waals surface area contributed by atoms with E-state index in [1.54, 1.807) is 6.20 Å². The highest BCUT2D eigenvalue weighted by Gasteiger charge is 2.39. The van der Waals surface area contributed by atoms with Crippen LogP contribution in [0, 0.1) is 12.8 Å². The van der Waals surface area contributed by atoms with Crippen molar-refractivity contribution < 1.29 is 9.90 Å². The SMILES string of the molecule is Cc1ncccc1CN[C@@H]1CC(C(=O)O)C[C@@H]1n1cc(C(C)(C)C)nn1. The normalized spacial score (nSPS) is 23.3. The van der Waals surface area contributed by atoms with Gasteiger partial charge in [0, 0.05) is 36.1 Å². The number of pyridine rings is 1. The number of nitrogens with one attached hydrogen (secondary N) is 1. The Bertz CT molecular complexity index is 780. The number of nitrogens with zero attached hydrogens (tertiary/aromatic N) is 4. The Labute approximate surface area is 153 Å². The van der Waals surface area contributed by atoms with Gasteiger partial charge in [-0.2, -0.15) is 0 Å². The first kappa shape index (κ1) is 18.5. The average Bonchev–Trinajstić information content (AvgIpc) is 3.20. The minimum absolute atomic E-state index is 0.0170. The maximum absolute atomic E-state index is 11.5. The van der Waals surface area contributed by atoms with Gasteiger partial charge in [0.05, 0.1) is 17.7 Å². The van der Waals surface area contributed by atoms with Gasteiger partial charge in [0.15, 0.2) is 0 Å². The van der Waals surface area contributed by atoms with Crippen LogP contribution in [0.1, 0.15) is 56.6 Å². The maximum Gasteiger partial charge on any atom is 0.306 e. The summed E-state index contributed by atoms with van der Waals surface area (Å²) in [4.78, 5) is 15.8. The molecule has 0 amide bonds. The van der Waals surface area contributed by atoms with Gasteiger partial charge in [0.1, 0.15) is 0 Å². The van der Waals surface area contributed by atoms with Crippen LogP contribution in [0.2, 0.25) is 0 Å².